The van der Waals surface area contributed by atoms with Crippen LogP contribution in [0.25, 0.3) is 0 Å². The first kappa shape index (κ1) is 23.8. The van der Waals surface area contributed by atoms with Gasteiger partial charge in [-0.25, -0.2) is 4.98 Å². The first-order chi connectivity index (χ1) is 17.0. The van der Waals surface area contributed by atoms with E-state index in [9.17, 15) is 4.79 Å². The van der Waals surface area contributed by atoms with E-state index < -0.39 is 12.1 Å². The Morgan fingerprint density at radius 3 is 2.43 bits per heavy atom. The normalized spacial score (nSPS) is 12.3. The number of nitrogens with zero attached hydrogens (tertiary/aromatic N) is 2. The van der Waals surface area contributed by atoms with Crippen LogP contribution in [0, 0.1) is 13.8 Å². The molecule has 0 fully saturated rings. The third-order valence-corrected chi connectivity index (χ3v) is 5.26. The topological polar surface area (TPSA) is 107 Å². The molecule has 35 heavy (non-hydrogen) atoms. The quantitative estimate of drug-likeness (QED) is 0.215. The van der Waals surface area contributed by atoms with E-state index in [0.29, 0.717) is 34.6 Å². The maximum absolute atomic E-state index is 11.0. The summed E-state index contributed by atoms with van der Waals surface area (Å²) < 4.78 is 17.4. The molecule has 0 aliphatic heterocycles. The van der Waals surface area contributed by atoms with Crippen molar-refractivity contribution in [3.8, 4) is 5.75 Å². The zero-order valence-corrected chi connectivity index (χ0v) is 19.5. The van der Waals surface area contributed by atoms with Crippen molar-refractivity contribution < 1.29 is 28.3 Å². The molecule has 8 nitrogen and oxygen atoms in total. The highest BCUT2D eigenvalue weighted by Crippen LogP contribution is 2.30. The molecule has 0 spiro atoms. The van der Waals surface area contributed by atoms with Crippen LogP contribution >= 0.6 is 0 Å². The second kappa shape index (κ2) is 11.2. The summed E-state index contributed by atoms with van der Waals surface area (Å²) >= 11 is 0. The van der Waals surface area contributed by atoms with Gasteiger partial charge in [0, 0.05) is 13.3 Å². The minimum Gasteiger partial charge on any atom is -0.481 e. The molecule has 2 aromatic heterocycles. The van der Waals surface area contributed by atoms with Crippen molar-refractivity contribution in [1.82, 2.24) is 4.98 Å². The molecule has 0 saturated heterocycles. The van der Waals surface area contributed by atoms with Crippen molar-refractivity contribution >= 4 is 11.7 Å². The number of carboxylic acids is 1. The van der Waals surface area contributed by atoms with Gasteiger partial charge < -0.3 is 23.5 Å². The molecule has 0 radical (unpaired) electrons. The lowest BCUT2D eigenvalue weighted by Gasteiger charge is -2.16. The average molecular weight is 475 g/mol. The number of aromatic nitrogens is 1. The molecule has 0 amide bonds. The summed E-state index contributed by atoms with van der Waals surface area (Å²) in [4.78, 5) is 21.0. The van der Waals surface area contributed by atoms with Crippen molar-refractivity contribution in [1.29, 1.82) is 0 Å². The Labute approximate surface area is 202 Å². The number of rotatable bonds is 11. The highest BCUT2D eigenvalue weighted by molar-refractivity contribution is 6.01. The molecule has 4 aromatic rings. The number of benzene rings is 2. The maximum atomic E-state index is 11.0. The van der Waals surface area contributed by atoms with Crippen LogP contribution in [-0.4, -0.2) is 21.8 Å². The first-order valence-electron chi connectivity index (χ1n) is 11.2. The fraction of sp³-hybridized carbons (Fsp3) is 0.222. The summed E-state index contributed by atoms with van der Waals surface area (Å²) in [5.41, 5.74) is 2.97. The Morgan fingerprint density at radius 1 is 1.03 bits per heavy atom. The van der Waals surface area contributed by atoms with Crippen molar-refractivity contribution in [2.24, 2.45) is 5.16 Å². The van der Waals surface area contributed by atoms with E-state index in [2.05, 4.69) is 10.1 Å². The molecule has 1 atom stereocenters. The highest BCUT2D eigenvalue weighted by atomic mass is 16.6. The Hall–Kier alpha value is -4.33. The van der Waals surface area contributed by atoms with Crippen LogP contribution in [0.3, 0.4) is 0 Å². The number of oxazole rings is 1. The lowest BCUT2D eigenvalue weighted by atomic mass is 10.1. The molecule has 4 rings (SSSR count). The van der Waals surface area contributed by atoms with E-state index in [1.807, 2.05) is 67.6 Å². The van der Waals surface area contributed by atoms with Crippen LogP contribution in [0.1, 0.15) is 53.2 Å². The van der Waals surface area contributed by atoms with Gasteiger partial charge in [-0.2, -0.15) is 0 Å². The molecular formula is C27H26N2O6. The fourth-order valence-electron chi connectivity index (χ4n) is 3.56. The summed E-state index contributed by atoms with van der Waals surface area (Å²) in [5, 5.41) is 13.2. The van der Waals surface area contributed by atoms with Crippen molar-refractivity contribution in [3.05, 3.63) is 107 Å². The van der Waals surface area contributed by atoms with Crippen LogP contribution in [0.5, 0.6) is 5.75 Å². The summed E-state index contributed by atoms with van der Waals surface area (Å²) in [6.07, 6.45) is 1.30. The SMILES string of the molecule is Cc1nc(C(Oc2ccc(CO/N=C(\CCC(=O)O)c3ccccc3)cc2)c2ccco2)c(C)o1. The number of aliphatic carboxylic acids is 1. The second-order valence-corrected chi connectivity index (χ2v) is 7.90. The van der Waals surface area contributed by atoms with Gasteiger partial charge in [0.1, 0.15) is 23.8 Å². The minimum absolute atomic E-state index is 0.0233. The standard InChI is InChI=1S/C27H26N2O6/c1-18-26(28-19(2)34-18)27(24-9-6-16-32-24)35-22-12-10-20(11-13-22)17-33-29-23(14-15-25(30)31)21-7-4-3-5-8-21/h3-13,16,27H,14-15,17H2,1-2H3,(H,30,31)/b29-23+. The maximum Gasteiger partial charge on any atom is 0.303 e. The number of aryl methyl sites for hydroxylation is 2. The zero-order valence-electron chi connectivity index (χ0n) is 19.5. The Balaban J connectivity index is 1.43. The lowest BCUT2D eigenvalue weighted by molar-refractivity contribution is -0.136. The number of oxime groups is 1. The Kier molecular flexibility index (Phi) is 7.62. The Bertz CT molecular complexity index is 1260. The van der Waals surface area contributed by atoms with E-state index >= 15 is 0 Å². The van der Waals surface area contributed by atoms with Crippen LogP contribution in [0.4, 0.5) is 0 Å². The number of hydrogen-bond donors (Lipinski definition) is 1. The van der Waals surface area contributed by atoms with Crippen molar-refractivity contribution in [2.75, 3.05) is 0 Å². The molecule has 0 aliphatic carbocycles. The molecule has 1 unspecified atom stereocenters. The molecule has 0 bridgehead atoms. The van der Waals surface area contributed by atoms with Gasteiger partial charge in [-0.3, -0.25) is 4.79 Å². The van der Waals surface area contributed by atoms with Crippen LogP contribution in [0.2, 0.25) is 0 Å². The number of carboxylic acid groups (broad SMARTS) is 1. The molecule has 2 heterocycles. The largest absolute Gasteiger partial charge is 0.481 e. The van der Waals surface area contributed by atoms with Gasteiger partial charge in [0.2, 0.25) is 6.10 Å². The lowest BCUT2D eigenvalue weighted by Crippen LogP contribution is -2.10. The smallest absolute Gasteiger partial charge is 0.303 e. The molecule has 2 aromatic carbocycles. The van der Waals surface area contributed by atoms with Crippen molar-refractivity contribution in [3.63, 3.8) is 0 Å². The van der Waals surface area contributed by atoms with Gasteiger partial charge in [-0.15, -0.1) is 0 Å². The van der Waals surface area contributed by atoms with Gasteiger partial charge in [0.25, 0.3) is 0 Å². The predicted octanol–water partition coefficient (Wildman–Crippen LogP) is 5.84. The molecule has 8 heteroatoms. The number of hydrogen-bond acceptors (Lipinski definition) is 7. The van der Waals surface area contributed by atoms with E-state index in [1.54, 1.807) is 19.3 Å². The van der Waals surface area contributed by atoms with Gasteiger partial charge >= 0.3 is 5.97 Å². The van der Waals surface area contributed by atoms with Gasteiger partial charge in [-0.05, 0) is 42.3 Å². The third kappa shape index (κ3) is 6.38. The van der Waals surface area contributed by atoms with Gasteiger partial charge in [0.15, 0.2) is 11.7 Å². The van der Waals surface area contributed by atoms with E-state index in [-0.39, 0.29) is 19.4 Å². The summed E-state index contributed by atoms with van der Waals surface area (Å²) in [7, 11) is 0. The molecule has 180 valence electrons. The zero-order chi connectivity index (χ0) is 24.6. The molecule has 0 aliphatic rings. The first-order valence-corrected chi connectivity index (χ1v) is 11.2. The van der Waals surface area contributed by atoms with Crippen LogP contribution in [0.15, 0.2) is 87.0 Å². The minimum atomic E-state index is -0.881. The van der Waals surface area contributed by atoms with Crippen LogP contribution in [-0.2, 0) is 16.2 Å². The highest BCUT2D eigenvalue weighted by Gasteiger charge is 2.25. The third-order valence-electron chi connectivity index (χ3n) is 5.26. The number of furan rings is 1. The van der Waals surface area contributed by atoms with Gasteiger partial charge in [0.05, 0.1) is 18.4 Å². The van der Waals surface area contributed by atoms with Gasteiger partial charge in [-0.1, -0.05) is 47.6 Å². The number of ether oxygens (including phenoxy) is 1. The second-order valence-electron chi connectivity index (χ2n) is 7.90. The monoisotopic (exact) mass is 474 g/mol. The van der Waals surface area contributed by atoms with E-state index in [4.69, 9.17) is 23.5 Å². The summed E-state index contributed by atoms with van der Waals surface area (Å²) in [5.74, 6) is 1.60. The van der Waals surface area contributed by atoms with Crippen molar-refractivity contribution in [2.45, 2.75) is 39.4 Å². The summed E-state index contributed by atoms with van der Waals surface area (Å²) in [6, 6.07) is 20.5. The Morgan fingerprint density at radius 2 is 1.80 bits per heavy atom. The number of carbonyl (C=O) groups is 1. The summed E-state index contributed by atoms with van der Waals surface area (Å²) in [6.45, 7) is 3.86. The van der Waals surface area contributed by atoms with Crippen LogP contribution < -0.4 is 4.74 Å². The average Bonchev–Trinajstić information content (AvgIpc) is 3.50. The molecule has 0 saturated carbocycles. The molecular weight excluding hydrogens is 448 g/mol. The molecule has 1 N–H and O–H groups in total. The predicted molar refractivity (Wildman–Crippen MR) is 128 cm³/mol. The van der Waals surface area contributed by atoms with E-state index in [0.717, 1.165) is 11.1 Å². The fourth-order valence-corrected chi connectivity index (χ4v) is 3.56. The van der Waals surface area contributed by atoms with E-state index in [1.165, 1.54) is 0 Å².